The van der Waals surface area contributed by atoms with Crippen LogP contribution >= 0.6 is 31.9 Å². The number of alkyl halides is 2. The highest BCUT2D eigenvalue weighted by Gasteiger charge is 2.55. The third-order valence-electron chi connectivity index (χ3n) is 2.25. The molecular formula is C6H10Br2N2O4S. The predicted octanol–water partition coefficient (Wildman–Crippen LogP) is -0.437. The van der Waals surface area contributed by atoms with Gasteiger partial charge in [-0.25, -0.2) is 14.3 Å². The molecule has 0 bridgehead atoms. The van der Waals surface area contributed by atoms with E-state index in [1.165, 1.54) is 0 Å². The number of nitrogens with two attached hydrogens (primary N) is 1. The Morgan fingerprint density at radius 2 is 2.13 bits per heavy atom. The fourth-order valence-electron chi connectivity index (χ4n) is 1.42. The van der Waals surface area contributed by atoms with Gasteiger partial charge < -0.3 is 5.11 Å². The van der Waals surface area contributed by atoms with E-state index in [2.05, 4.69) is 31.9 Å². The van der Waals surface area contributed by atoms with Crippen molar-refractivity contribution >= 4 is 47.6 Å². The average molecular weight is 366 g/mol. The Labute approximate surface area is 104 Å². The van der Waals surface area contributed by atoms with Crippen molar-refractivity contribution in [1.82, 2.24) is 5.43 Å². The van der Waals surface area contributed by atoms with Crippen molar-refractivity contribution in [2.45, 2.75) is 20.8 Å². The van der Waals surface area contributed by atoms with E-state index in [4.69, 9.17) is 5.84 Å². The van der Waals surface area contributed by atoms with Crippen LogP contribution in [0.15, 0.2) is 0 Å². The molecule has 0 radical (unpaired) electrons. The zero-order valence-electron chi connectivity index (χ0n) is 7.48. The summed E-state index contributed by atoms with van der Waals surface area (Å²) < 4.78 is 21.8. The highest BCUT2D eigenvalue weighted by molar-refractivity contribution is 9.28. The van der Waals surface area contributed by atoms with Crippen molar-refractivity contribution in [2.24, 2.45) is 11.8 Å². The van der Waals surface area contributed by atoms with Gasteiger partial charge in [0, 0.05) is 12.3 Å². The van der Waals surface area contributed by atoms with E-state index in [9.17, 15) is 18.3 Å². The molecule has 2 atom stereocenters. The Morgan fingerprint density at radius 3 is 2.47 bits per heavy atom. The van der Waals surface area contributed by atoms with E-state index in [1.54, 1.807) is 0 Å². The minimum Gasteiger partial charge on any atom is -0.377 e. The summed E-state index contributed by atoms with van der Waals surface area (Å²) in [5.74, 6) is 3.70. The number of aliphatic hydroxyl groups excluding tert-OH is 1. The number of rotatable bonds is 2. The number of sulfone groups is 1. The van der Waals surface area contributed by atoms with E-state index < -0.39 is 29.7 Å². The highest BCUT2D eigenvalue weighted by Crippen LogP contribution is 2.49. The van der Waals surface area contributed by atoms with Gasteiger partial charge in [0.1, 0.15) is 0 Å². The predicted molar refractivity (Wildman–Crippen MR) is 60.6 cm³/mol. The van der Waals surface area contributed by atoms with Gasteiger partial charge in [0.2, 0.25) is 15.7 Å². The molecule has 2 unspecified atom stereocenters. The van der Waals surface area contributed by atoms with Crippen LogP contribution in [0.25, 0.3) is 0 Å². The molecule has 0 aromatic rings. The van der Waals surface area contributed by atoms with Crippen LogP contribution in [-0.2, 0) is 14.6 Å². The summed E-state index contributed by atoms with van der Waals surface area (Å²) in [6.07, 6.45) is -0.0280. The number of hydrazine groups is 1. The molecular weight excluding hydrogens is 356 g/mol. The smallest absolute Gasteiger partial charge is 0.234 e. The molecule has 1 saturated heterocycles. The SMILES string of the molecule is NNC(=O)CC1CC(Br)(Br)S(=O)(=O)C1O. The Bertz CT molecular complexity index is 369. The number of carbonyl (C=O) groups excluding carboxylic acids is 1. The lowest BCUT2D eigenvalue weighted by molar-refractivity contribution is -0.122. The largest absolute Gasteiger partial charge is 0.377 e. The zero-order valence-corrected chi connectivity index (χ0v) is 11.5. The lowest BCUT2D eigenvalue weighted by Crippen LogP contribution is -2.34. The molecule has 1 amide bonds. The molecule has 88 valence electrons. The van der Waals surface area contributed by atoms with Crippen LogP contribution in [-0.4, -0.2) is 27.4 Å². The van der Waals surface area contributed by atoms with Crippen LogP contribution in [0, 0.1) is 5.92 Å². The summed E-state index contributed by atoms with van der Waals surface area (Å²) in [5.41, 5.74) is 0.330. The topological polar surface area (TPSA) is 109 Å². The molecule has 1 rings (SSSR count). The van der Waals surface area contributed by atoms with Crippen LogP contribution in [0.2, 0.25) is 0 Å². The fourth-order valence-corrected chi connectivity index (χ4v) is 4.90. The summed E-state index contributed by atoms with van der Waals surface area (Å²) in [6.45, 7) is 0. The molecule has 4 N–H and O–H groups in total. The molecule has 0 aromatic carbocycles. The Morgan fingerprint density at radius 1 is 1.60 bits per heavy atom. The maximum atomic E-state index is 11.6. The monoisotopic (exact) mass is 364 g/mol. The lowest BCUT2D eigenvalue weighted by atomic mass is 10.0. The molecule has 1 heterocycles. The van der Waals surface area contributed by atoms with Gasteiger partial charge in [-0.3, -0.25) is 10.2 Å². The van der Waals surface area contributed by atoms with E-state index in [1.807, 2.05) is 5.43 Å². The molecule has 6 nitrogen and oxygen atoms in total. The number of carbonyl (C=O) groups is 1. The van der Waals surface area contributed by atoms with E-state index in [0.717, 1.165) is 0 Å². The fraction of sp³-hybridized carbons (Fsp3) is 0.833. The van der Waals surface area contributed by atoms with Crippen LogP contribution < -0.4 is 11.3 Å². The molecule has 0 aromatic heterocycles. The average Bonchev–Trinajstić information content (AvgIpc) is 2.27. The number of aliphatic hydroxyl groups is 1. The highest BCUT2D eigenvalue weighted by atomic mass is 79.9. The number of hydrogen-bond donors (Lipinski definition) is 3. The molecule has 1 aliphatic heterocycles. The van der Waals surface area contributed by atoms with Crippen molar-refractivity contribution in [1.29, 1.82) is 0 Å². The number of amides is 1. The lowest BCUT2D eigenvalue weighted by Gasteiger charge is -2.11. The molecule has 9 heteroatoms. The molecule has 15 heavy (non-hydrogen) atoms. The van der Waals surface area contributed by atoms with Gasteiger partial charge >= 0.3 is 0 Å². The zero-order chi connectivity index (χ0) is 11.9. The number of halogens is 2. The minimum absolute atomic E-state index is 0.101. The Kier molecular flexibility index (Phi) is 3.82. The number of nitrogens with one attached hydrogen (secondary N) is 1. The minimum atomic E-state index is -3.74. The van der Waals surface area contributed by atoms with E-state index >= 15 is 0 Å². The van der Waals surface area contributed by atoms with Crippen LogP contribution in [0.1, 0.15) is 12.8 Å². The van der Waals surface area contributed by atoms with Crippen molar-refractivity contribution < 1.29 is 18.3 Å². The first-order chi connectivity index (χ1) is 6.72. The molecule has 0 saturated carbocycles. The summed E-state index contributed by atoms with van der Waals surface area (Å²) in [4.78, 5) is 11.0. The van der Waals surface area contributed by atoms with Gasteiger partial charge in [0.15, 0.2) is 8.00 Å². The third kappa shape index (κ3) is 2.36. The summed E-state index contributed by atoms with van der Waals surface area (Å²) in [7, 11) is -3.74. The van der Waals surface area contributed by atoms with Gasteiger partial charge in [-0.1, -0.05) is 31.9 Å². The molecule has 0 aliphatic carbocycles. The van der Waals surface area contributed by atoms with Crippen molar-refractivity contribution in [3.8, 4) is 0 Å². The van der Waals surface area contributed by atoms with Gasteiger partial charge in [-0.15, -0.1) is 0 Å². The second-order valence-corrected chi connectivity index (χ2v) is 10.4. The molecule has 1 aliphatic rings. The van der Waals surface area contributed by atoms with E-state index in [-0.39, 0.29) is 12.8 Å². The standard InChI is InChI=1S/C6H10Br2N2O4S/c7-6(8)2-3(1-4(11)10-9)5(12)15(6,13)14/h3,5,12H,1-2,9H2,(H,10,11). The normalized spacial score (nSPS) is 32.5. The quantitative estimate of drug-likeness (QED) is 0.266. The second-order valence-electron chi connectivity index (χ2n) is 3.31. The Balaban J connectivity index is 2.87. The summed E-state index contributed by atoms with van der Waals surface area (Å²) in [5, 5.41) is 9.53. The third-order valence-corrected chi connectivity index (χ3v) is 7.62. The van der Waals surface area contributed by atoms with Gasteiger partial charge in [-0.2, -0.15) is 0 Å². The van der Waals surface area contributed by atoms with Crippen LogP contribution in [0.4, 0.5) is 0 Å². The van der Waals surface area contributed by atoms with Crippen molar-refractivity contribution in [2.75, 3.05) is 0 Å². The maximum Gasteiger partial charge on any atom is 0.234 e. The summed E-state index contributed by atoms with van der Waals surface area (Å²) >= 11 is 5.92. The first-order valence-electron chi connectivity index (χ1n) is 4.01. The second kappa shape index (κ2) is 4.28. The van der Waals surface area contributed by atoms with E-state index in [0.29, 0.717) is 0 Å². The van der Waals surface area contributed by atoms with Crippen LogP contribution in [0.5, 0.6) is 0 Å². The Hall–Kier alpha value is 0.300. The van der Waals surface area contributed by atoms with Crippen molar-refractivity contribution in [3.05, 3.63) is 0 Å². The summed E-state index contributed by atoms with van der Waals surface area (Å²) in [6, 6.07) is 0. The first kappa shape index (κ1) is 13.4. The maximum absolute atomic E-state index is 11.6. The van der Waals surface area contributed by atoms with Crippen LogP contribution in [0.3, 0.4) is 0 Å². The van der Waals surface area contributed by atoms with Crippen molar-refractivity contribution in [3.63, 3.8) is 0 Å². The van der Waals surface area contributed by atoms with Gasteiger partial charge in [-0.05, 0) is 6.42 Å². The molecule has 0 spiro atoms. The van der Waals surface area contributed by atoms with Gasteiger partial charge in [0.25, 0.3) is 0 Å². The molecule has 1 fully saturated rings. The van der Waals surface area contributed by atoms with Gasteiger partial charge in [0.05, 0.1) is 0 Å². The first-order valence-corrected chi connectivity index (χ1v) is 7.14. The number of hydrogen-bond acceptors (Lipinski definition) is 5.